The van der Waals surface area contributed by atoms with Gasteiger partial charge in [0.15, 0.2) is 22.7 Å². The number of methoxy groups -OCH3 is 2. The van der Waals surface area contributed by atoms with Gasteiger partial charge in [0.05, 0.1) is 19.9 Å². The van der Waals surface area contributed by atoms with E-state index in [1.54, 1.807) is 25.7 Å². The summed E-state index contributed by atoms with van der Waals surface area (Å²) in [5, 5.41) is 0. The minimum Gasteiger partial charge on any atom is -0.493 e. The Hall–Kier alpha value is -4.27. The van der Waals surface area contributed by atoms with Crippen molar-refractivity contribution in [2.24, 2.45) is 14.1 Å². The molecule has 2 aromatic carbocycles. The number of hydrogen-bond donors (Lipinski definition) is 0. The average molecular weight is 445 g/mol. The Labute approximate surface area is 188 Å². The van der Waals surface area contributed by atoms with Gasteiger partial charge in [-0.05, 0) is 42.8 Å². The van der Waals surface area contributed by atoms with Gasteiger partial charge >= 0.3 is 5.69 Å². The topological polar surface area (TPSA) is 84.7 Å². The Morgan fingerprint density at radius 2 is 1.67 bits per heavy atom. The molecule has 0 N–H and O–H groups in total. The molecule has 5 aromatic rings. The van der Waals surface area contributed by atoms with Crippen LogP contribution in [0.15, 0.2) is 58.3 Å². The van der Waals surface area contributed by atoms with Gasteiger partial charge in [0, 0.05) is 31.5 Å². The van der Waals surface area contributed by atoms with Crippen molar-refractivity contribution in [1.82, 2.24) is 23.1 Å². The van der Waals surface area contributed by atoms with E-state index in [9.17, 15) is 9.59 Å². The van der Waals surface area contributed by atoms with Crippen molar-refractivity contribution in [3.05, 3.63) is 75.1 Å². The first-order valence-electron chi connectivity index (χ1n) is 10.3. The third-order valence-corrected chi connectivity index (χ3v) is 5.90. The first kappa shape index (κ1) is 20.6. The minimum absolute atomic E-state index is 0.332. The number of rotatable bonds is 4. The molecule has 0 aliphatic rings. The van der Waals surface area contributed by atoms with Crippen molar-refractivity contribution in [3.8, 4) is 28.4 Å². The van der Waals surface area contributed by atoms with Crippen molar-refractivity contribution in [3.63, 3.8) is 0 Å². The summed E-state index contributed by atoms with van der Waals surface area (Å²) in [6.45, 7) is 2.02. The molecule has 0 fully saturated rings. The van der Waals surface area contributed by atoms with E-state index >= 15 is 0 Å². The van der Waals surface area contributed by atoms with Gasteiger partial charge in [-0.3, -0.25) is 22.9 Å². The van der Waals surface area contributed by atoms with Crippen molar-refractivity contribution in [2.75, 3.05) is 14.2 Å². The standard InChI is InChI=1S/C24H23N5O4/c1-14-7-6-8-16(11-14)29-17(15-9-10-18(32-4)19(12-15)33-5)13-28-20-21(25-23(28)29)26(2)24(31)27(3)22(20)30/h6-13H,1-5H3. The number of fused-ring (bicyclic) bond motifs is 3. The van der Waals surface area contributed by atoms with E-state index < -0.39 is 11.2 Å². The monoisotopic (exact) mass is 445 g/mol. The zero-order valence-corrected chi connectivity index (χ0v) is 19.0. The maximum Gasteiger partial charge on any atom is 0.332 e. The summed E-state index contributed by atoms with van der Waals surface area (Å²) in [4.78, 5) is 30.2. The second-order valence-corrected chi connectivity index (χ2v) is 7.92. The Kier molecular flexibility index (Phi) is 4.63. The lowest BCUT2D eigenvalue weighted by atomic mass is 10.1. The molecule has 0 spiro atoms. The third-order valence-electron chi connectivity index (χ3n) is 5.90. The molecular weight excluding hydrogens is 422 g/mol. The summed E-state index contributed by atoms with van der Waals surface area (Å²) in [5.41, 5.74) is 3.47. The van der Waals surface area contributed by atoms with Gasteiger partial charge in [-0.2, -0.15) is 4.98 Å². The third kappa shape index (κ3) is 2.96. The van der Waals surface area contributed by atoms with Gasteiger partial charge in [0.1, 0.15) is 0 Å². The van der Waals surface area contributed by atoms with Crippen molar-refractivity contribution < 1.29 is 9.47 Å². The molecule has 0 saturated heterocycles. The molecule has 0 aliphatic heterocycles. The average Bonchev–Trinajstić information content (AvgIpc) is 3.37. The van der Waals surface area contributed by atoms with Gasteiger partial charge in [-0.25, -0.2) is 4.79 Å². The summed E-state index contributed by atoms with van der Waals surface area (Å²) in [7, 11) is 6.26. The largest absolute Gasteiger partial charge is 0.493 e. The van der Waals surface area contributed by atoms with E-state index in [2.05, 4.69) is 0 Å². The molecule has 0 amide bonds. The van der Waals surface area contributed by atoms with Gasteiger partial charge in [-0.15, -0.1) is 0 Å². The van der Waals surface area contributed by atoms with Gasteiger partial charge < -0.3 is 9.47 Å². The highest BCUT2D eigenvalue weighted by molar-refractivity contribution is 5.80. The number of aryl methyl sites for hydroxylation is 2. The molecule has 0 radical (unpaired) electrons. The molecule has 33 heavy (non-hydrogen) atoms. The van der Waals surface area contributed by atoms with Crippen LogP contribution in [0, 0.1) is 6.92 Å². The van der Waals surface area contributed by atoms with Crippen molar-refractivity contribution >= 4 is 16.9 Å². The van der Waals surface area contributed by atoms with Crippen molar-refractivity contribution in [1.29, 1.82) is 0 Å². The van der Waals surface area contributed by atoms with Crippen LogP contribution in [-0.4, -0.2) is 37.3 Å². The maximum absolute atomic E-state index is 13.1. The number of nitrogens with zero attached hydrogens (tertiary/aromatic N) is 5. The van der Waals surface area contributed by atoms with E-state index in [1.807, 2.05) is 60.2 Å². The number of ether oxygens (including phenoxy) is 2. The van der Waals surface area contributed by atoms with Crippen molar-refractivity contribution in [2.45, 2.75) is 6.92 Å². The Balaban J connectivity index is 1.93. The Morgan fingerprint density at radius 1 is 0.909 bits per heavy atom. The van der Waals surface area contributed by atoms with E-state index in [0.29, 0.717) is 28.4 Å². The molecule has 0 aliphatic carbocycles. The highest BCUT2D eigenvalue weighted by Crippen LogP contribution is 2.35. The lowest BCUT2D eigenvalue weighted by Gasteiger charge is -2.12. The highest BCUT2D eigenvalue weighted by Gasteiger charge is 2.22. The number of benzene rings is 2. The van der Waals surface area contributed by atoms with E-state index in [4.69, 9.17) is 14.5 Å². The molecule has 3 heterocycles. The Morgan fingerprint density at radius 3 is 2.36 bits per heavy atom. The Bertz CT molecular complexity index is 1670. The van der Waals surface area contributed by atoms with E-state index in [-0.39, 0.29) is 0 Å². The summed E-state index contributed by atoms with van der Waals surface area (Å²) in [6, 6.07) is 13.7. The predicted molar refractivity (Wildman–Crippen MR) is 126 cm³/mol. The number of imidazole rings is 2. The smallest absolute Gasteiger partial charge is 0.332 e. The van der Waals surface area contributed by atoms with Crippen LogP contribution in [0.5, 0.6) is 11.5 Å². The molecule has 5 rings (SSSR count). The lowest BCUT2D eigenvalue weighted by Crippen LogP contribution is -2.37. The number of aromatic nitrogens is 5. The minimum atomic E-state index is -0.421. The summed E-state index contributed by atoms with van der Waals surface area (Å²) >= 11 is 0. The summed E-state index contributed by atoms with van der Waals surface area (Å²) < 4.78 is 17.1. The van der Waals surface area contributed by atoms with Crippen LogP contribution in [-0.2, 0) is 14.1 Å². The molecule has 168 valence electrons. The molecular formula is C24H23N5O4. The van der Waals surface area contributed by atoms with Gasteiger partial charge in [-0.1, -0.05) is 12.1 Å². The second kappa shape index (κ2) is 7.40. The van der Waals surface area contributed by atoms with Crippen LogP contribution in [0.2, 0.25) is 0 Å². The molecule has 9 nitrogen and oxygen atoms in total. The molecule has 3 aromatic heterocycles. The number of hydrogen-bond acceptors (Lipinski definition) is 5. The molecule has 0 unspecified atom stereocenters. The summed E-state index contributed by atoms with van der Waals surface area (Å²) in [5.74, 6) is 1.74. The van der Waals surface area contributed by atoms with E-state index in [0.717, 1.165) is 27.1 Å². The SMILES string of the molecule is COc1ccc(-c2cn3c4c(=O)n(C)c(=O)n(C)c4nc3n2-c2cccc(C)c2)cc1OC. The fourth-order valence-corrected chi connectivity index (χ4v) is 4.19. The molecule has 0 bridgehead atoms. The molecule has 9 heteroatoms. The van der Waals surface area contributed by atoms with Crippen LogP contribution >= 0.6 is 0 Å². The van der Waals surface area contributed by atoms with Crippen LogP contribution in [0.25, 0.3) is 33.9 Å². The first-order chi connectivity index (χ1) is 15.8. The van der Waals surface area contributed by atoms with Gasteiger partial charge in [0.2, 0.25) is 5.78 Å². The zero-order chi connectivity index (χ0) is 23.4. The fraction of sp³-hybridized carbons (Fsp3) is 0.208. The quantitative estimate of drug-likeness (QED) is 0.425. The summed E-state index contributed by atoms with van der Waals surface area (Å²) in [6.07, 6.45) is 1.86. The second-order valence-electron chi connectivity index (χ2n) is 7.92. The van der Waals surface area contributed by atoms with Crippen LogP contribution in [0.4, 0.5) is 0 Å². The van der Waals surface area contributed by atoms with Crippen LogP contribution in [0.3, 0.4) is 0 Å². The predicted octanol–water partition coefficient (Wildman–Crippen LogP) is 2.67. The molecule has 0 saturated carbocycles. The van der Waals surface area contributed by atoms with E-state index in [1.165, 1.54) is 11.6 Å². The first-order valence-corrected chi connectivity index (χ1v) is 10.3. The maximum atomic E-state index is 13.1. The van der Waals surface area contributed by atoms with Crippen LogP contribution in [0.1, 0.15) is 5.56 Å². The zero-order valence-electron chi connectivity index (χ0n) is 19.0. The van der Waals surface area contributed by atoms with Crippen LogP contribution < -0.4 is 20.7 Å². The molecule has 0 atom stereocenters. The normalized spacial score (nSPS) is 11.4. The van der Waals surface area contributed by atoms with Gasteiger partial charge in [0.25, 0.3) is 5.56 Å². The highest BCUT2D eigenvalue weighted by atomic mass is 16.5. The lowest BCUT2D eigenvalue weighted by molar-refractivity contribution is 0.355. The fourth-order valence-electron chi connectivity index (χ4n) is 4.19.